The fourth-order valence-corrected chi connectivity index (χ4v) is 2.98. The third kappa shape index (κ3) is 6.54. The maximum atomic E-state index is 10.6. The van der Waals surface area contributed by atoms with Crippen LogP contribution in [0.4, 0.5) is 0 Å². The van der Waals surface area contributed by atoms with Gasteiger partial charge in [0.25, 0.3) is 0 Å². The highest BCUT2D eigenvalue weighted by Crippen LogP contribution is 2.18. The largest absolute Gasteiger partial charge is 0.497 e. The fourth-order valence-electron chi connectivity index (χ4n) is 2.98. The number of nitrogens with one attached hydrogen (secondary N) is 2. The van der Waals surface area contributed by atoms with Gasteiger partial charge in [0.05, 0.1) is 19.8 Å². The summed E-state index contributed by atoms with van der Waals surface area (Å²) in [7, 11) is 3.34. The molecule has 0 bridgehead atoms. The van der Waals surface area contributed by atoms with Gasteiger partial charge in [0.2, 0.25) is 0 Å². The van der Waals surface area contributed by atoms with Gasteiger partial charge in [-0.2, -0.15) is 0 Å². The van der Waals surface area contributed by atoms with E-state index in [-0.39, 0.29) is 0 Å². The van der Waals surface area contributed by atoms with E-state index in [1.165, 1.54) is 22.3 Å². The maximum Gasteiger partial charge on any atom is 0.119 e. The molecule has 0 amide bonds. The van der Waals surface area contributed by atoms with Crippen molar-refractivity contribution < 1.29 is 14.6 Å². The van der Waals surface area contributed by atoms with E-state index >= 15 is 0 Å². The molecule has 5 nitrogen and oxygen atoms in total. The van der Waals surface area contributed by atoms with Crippen molar-refractivity contribution in [1.29, 1.82) is 0 Å². The van der Waals surface area contributed by atoms with Crippen LogP contribution in [0.25, 0.3) is 0 Å². The highest BCUT2D eigenvalue weighted by molar-refractivity contribution is 5.35. The van der Waals surface area contributed by atoms with E-state index in [0.29, 0.717) is 26.2 Å². The van der Waals surface area contributed by atoms with Crippen LogP contribution in [0.5, 0.6) is 11.5 Å². The van der Waals surface area contributed by atoms with Crippen LogP contribution in [0.3, 0.4) is 0 Å². The summed E-state index contributed by atoms with van der Waals surface area (Å²) in [5.74, 6) is 1.72. The number of rotatable bonds is 10. The summed E-state index contributed by atoms with van der Waals surface area (Å²) in [6, 6.07) is 12.1. The van der Waals surface area contributed by atoms with Crippen molar-refractivity contribution in [3.8, 4) is 11.5 Å². The molecule has 0 saturated heterocycles. The lowest BCUT2D eigenvalue weighted by atomic mass is 10.0. The Morgan fingerprint density at radius 1 is 0.815 bits per heavy atom. The Labute approximate surface area is 162 Å². The van der Waals surface area contributed by atoms with E-state index < -0.39 is 5.60 Å². The number of ether oxygens (including phenoxy) is 2. The van der Waals surface area contributed by atoms with Crippen molar-refractivity contribution in [2.24, 2.45) is 0 Å². The summed E-state index contributed by atoms with van der Waals surface area (Å²) >= 11 is 0. The van der Waals surface area contributed by atoms with Crippen molar-refractivity contribution in [2.75, 3.05) is 27.3 Å². The molecule has 2 rings (SSSR count). The van der Waals surface area contributed by atoms with E-state index in [1.54, 1.807) is 14.2 Å². The van der Waals surface area contributed by atoms with Crippen LogP contribution in [-0.2, 0) is 13.1 Å². The van der Waals surface area contributed by atoms with Crippen LogP contribution < -0.4 is 20.1 Å². The molecule has 0 aliphatic rings. The molecule has 3 N–H and O–H groups in total. The van der Waals surface area contributed by atoms with Gasteiger partial charge in [0, 0.05) is 26.2 Å². The molecule has 5 heteroatoms. The summed E-state index contributed by atoms with van der Waals surface area (Å²) in [6.45, 7) is 8.41. The number of aliphatic hydroxyl groups is 1. The average molecular weight is 373 g/mol. The Balaban J connectivity index is 1.78. The van der Waals surface area contributed by atoms with Crippen molar-refractivity contribution in [2.45, 2.75) is 39.5 Å². The highest BCUT2D eigenvalue weighted by atomic mass is 16.5. The van der Waals surface area contributed by atoms with Crippen molar-refractivity contribution in [3.63, 3.8) is 0 Å². The van der Waals surface area contributed by atoms with Gasteiger partial charge in [-0.3, -0.25) is 0 Å². The Bertz CT molecular complexity index is 683. The first kappa shape index (κ1) is 21.2. The molecule has 0 aliphatic heterocycles. The zero-order valence-electron chi connectivity index (χ0n) is 17.1. The van der Waals surface area contributed by atoms with Gasteiger partial charge < -0.3 is 25.2 Å². The molecule has 0 aliphatic carbocycles. The van der Waals surface area contributed by atoms with Crippen LogP contribution >= 0.6 is 0 Å². The van der Waals surface area contributed by atoms with Gasteiger partial charge >= 0.3 is 0 Å². The SMILES string of the molecule is COc1ccc(CNCC(C)(O)CNCc2ccc(OC)cc2C)c(C)c1. The Kier molecular flexibility index (Phi) is 7.66. The number of hydrogen-bond donors (Lipinski definition) is 3. The van der Waals surface area contributed by atoms with Gasteiger partial charge in [0.15, 0.2) is 0 Å². The second-order valence-corrected chi connectivity index (χ2v) is 7.29. The third-order valence-electron chi connectivity index (χ3n) is 4.74. The first-order chi connectivity index (χ1) is 12.8. The molecule has 2 aromatic rings. The van der Waals surface area contributed by atoms with Crippen LogP contribution in [0.2, 0.25) is 0 Å². The second kappa shape index (κ2) is 9.74. The first-order valence-electron chi connectivity index (χ1n) is 9.25. The average Bonchev–Trinajstić information content (AvgIpc) is 2.64. The molecule has 0 heterocycles. The van der Waals surface area contributed by atoms with Crippen LogP contribution in [0.15, 0.2) is 36.4 Å². The number of aryl methyl sites for hydroxylation is 2. The molecule has 0 radical (unpaired) electrons. The lowest BCUT2D eigenvalue weighted by Crippen LogP contribution is -2.45. The quantitative estimate of drug-likeness (QED) is 0.599. The minimum atomic E-state index is -0.833. The Morgan fingerprint density at radius 2 is 1.22 bits per heavy atom. The normalized spacial score (nSPS) is 11.5. The van der Waals surface area contributed by atoms with E-state index in [4.69, 9.17) is 9.47 Å². The molecule has 0 fully saturated rings. The van der Waals surface area contributed by atoms with Crippen LogP contribution in [-0.4, -0.2) is 38.0 Å². The Hall–Kier alpha value is -2.08. The van der Waals surface area contributed by atoms with E-state index in [0.717, 1.165) is 11.5 Å². The lowest BCUT2D eigenvalue weighted by Gasteiger charge is -2.25. The molecule has 27 heavy (non-hydrogen) atoms. The fraction of sp³-hybridized carbons (Fsp3) is 0.455. The first-order valence-corrected chi connectivity index (χ1v) is 9.25. The number of hydrogen-bond acceptors (Lipinski definition) is 5. The third-order valence-corrected chi connectivity index (χ3v) is 4.74. The van der Waals surface area contributed by atoms with E-state index in [9.17, 15) is 5.11 Å². The molecule has 0 unspecified atom stereocenters. The summed E-state index contributed by atoms with van der Waals surface area (Å²) < 4.78 is 10.5. The Morgan fingerprint density at radius 3 is 1.56 bits per heavy atom. The summed E-state index contributed by atoms with van der Waals surface area (Å²) in [4.78, 5) is 0. The van der Waals surface area contributed by atoms with E-state index in [1.807, 2.05) is 31.2 Å². The molecule has 2 aromatic carbocycles. The molecular formula is C22H32N2O3. The molecule has 0 atom stereocenters. The standard InChI is InChI=1S/C22H32N2O3/c1-16-10-20(26-4)8-6-18(16)12-23-14-22(3,25)15-24-13-19-7-9-21(27-5)11-17(19)2/h6-11,23-25H,12-15H2,1-5H3. The number of benzene rings is 2. The van der Waals surface area contributed by atoms with Gasteiger partial charge in [-0.05, 0) is 67.3 Å². The lowest BCUT2D eigenvalue weighted by molar-refractivity contribution is 0.0588. The highest BCUT2D eigenvalue weighted by Gasteiger charge is 2.19. The number of methoxy groups -OCH3 is 2. The molecule has 0 saturated carbocycles. The van der Waals surface area contributed by atoms with Crippen LogP contribution in [0, 0.1) is 13.8 Å². The maximum absolute atomic E-state index is 10.6. The van der Waals surface area contributed by atoms with Gasteiger partial charge in [-0.15, -0.1) is 0 Å². The topological polar surface area (TPSA) is 62.8 Å². The molecule has 0 aromatic heterocycles. The smallest absolute Gasteiger partial charge is 0.119 e. The second-order valence-electron chi connectivity index (χ2n) is 7.29. The summed E-state index contributed by atoms with van der Waals surface area (Å²) in [6.07, 6.45) is 0. The minimum absolute atomic E-state index is 0.507. The van der Waals surface area contributed by atoms with Gasteiger partial charge in [-0.25, -0.2) is 0 Å². The predicted octanol–water partition coefficient (Wildman–Crippen LogP) is 2.95. The monoisotopic (exact) mass is 372 g/mol. The van der Waals surface area contributed by atoms with Gasteiger partial charge in [0.1, 0.15) is 11.5 Å². The summed E-state index contributed by atoms with van der Waals surface area (Å²) in [5.41, 5.74) is 3.92. The van der Waals surface area contributed by atoms with Gasteiger partial charge in [-0.1, -0.05) is 12.1 Å². The van der Waals surface area contributed by atoms with Crippen molar-refractivity contribution in [1.82, 2.24) is 10.6 Å². The zero-order valence-corrected chi connectivity index (χ0v) is 17.1. The van der Waals surface area contributed by atoms with Crippen molar-refractivity contribution in [3.05, 3.63) is 58.7 Å². The van der Waals surface area contributed by atoms with Crippen LogP contribution in [0.1, 0.15) is 29.2 Å². The van der Waals surface area contributed by atoms with Crippen molar-refractivity contribution >= 4 is 0 Å². The molecule has 0 spiro atoms. The zero-order chi connectivity index (χ0) is 19.9. The summed E-state index contributed by atoms with van der Waals surface area (Å²) in [5, 5.41) is 17.3. The van der Waals surface area contributed by atoms with E-state index in [2.05, 4.69) is 36.6 Å². The molecular weight excluding hydrogens is 340 g/mol. The predicted molar refractivity (Wildman–Crippen MR) is 109 cm³/mol. The molecule has 148 valence electrons. The minimum Gasteiger partial charge on any atom is -0.497 e.